The lowest BCUT2D eigenvalue weighted by Gasteiger charge is -1.95. The number of rotatable bonds is 2. The van der Waals surface area contributed by atoms with Crippen LogP contribution in [0.15, 0.2) is 34.3 Å². The van der Waals surface area contributed by atoms with E-state index < -0.39 is 0 Å². The molecule has 0 spiro atoms. The van der Waals surface area contributed by atoms with Crippen LogP contribution in [-0.4, -0.2) is 15.5 Å². The third-order valence-electron chi connectivity index (χ3n) is 1.85. The first kappa shape index (κ1) is 9.21. The summed E-state index contributed by atoms with van der Waals surface area (Å²) in [5.41, 5.74) is 1.26. The molecule has 0 unspecified atom stereocenters. The Morgan fingerprint density at radius 1 is 1.29 bits per heavy atom. The fourth-order valence-corrected chi connectivity index (χ4v) is 1.79. The van der Waals surface area contributed by atoms with Gasteiger partial charge in [0, 0.05) is 4.90 Å². The van der Waals surface area contributed by atoms with Crippen molar-refractivity contribution in [3.05, 3.63) is 29.8 Å². The lowest BCUT2D eigenvalue weighted by molar-refractivity contribution is -0.765. The molecule has 0 radical (unpaired) electrons. The highest BCUT2D eigenvalue weighted by molar-refractivity contribution is 7.99. The Balaban J connectivity index is 2.19. The zero-order chi connectivity index (χ0) is 9.97. The molecule has 0 saturated heterocycles. The summed E-state index contributed by atoms with van der Waals surface area (Å²) in [5, 5.41) is 11.2. The first-order chi connectivity index (χ1) is 6.75. The average molecular weight is 207 g/mol. The van der Waals surface area contributed by atoms with E-state index in [1.165, 1.54) is 10.5 Å². The Morgan fingerprint density at radius 3 is 2.57 bits per heavy atom. The van der Waals surface area contributed by atoms with E-state index in [1.54, 1.807) is 16.4 Å². The van der Waals surface area contributed by atoms with Gasteiger partial charge < -0.3 is 0 Å². The van der Waals surface area contributed by atoms with Crippen LogP contribution >= 0.6 is 11.8 Å². The quantitative estimate of drug-likeness (QED) is 0.750. The molecule has 1 aromatic heterocycles. The second-order valence-electron chi connectivity index (χ2n) is 3.06. The number of aryl methyl sites for hydroxylation is 2. The molecule has 0 aliphatic rings. The summed E-state index contributed by atoms with van der Waals surface area (Å²) >= 11 is 1.59. The molecule has 0 fully saturated rings. The van der Waals surface area contributed by atoms with Gasteiger partial charge in [0.05, 0.1) is 7.05 Å². The Morgan fingerprint density at radius 2 is 2.00 bits per heavy atom. The Labute approximate surface area is 86.3 Å². The van der Waals surface area contributed by atoms with Crippen LogP contribution in [0.5, 0.6) is 0 Å². The van der Waals surface area contributed by atoms with Gasteiger partial charge in [-0.05, 0) is 30.8 Å². The Hall–Kier alpha value is -1.36. The number of tetrazole rings is 1. The Kier molecular flexibility index (Phi) is 2.49. The second-order valence-corrected chi connectivity index (χ2v) is 4.10. The van der Waals surface area contributed by atoms with Crippen molar-refractivity contribution in [3.63, 3.8) is 0 Å². The molecule has 0 aliphatic carbocycles. The van der Waals surface area contributed by atoms with Gasteiger partial charge in [-0.3, -0.25) is 0 Å². The average Bonchev–Trinajstić information content (AvgIpc) is 2.56. The van der Waals surface area contributed by atoms with Crippen molar-refractivity contribution in [2.75, 3.05) is 0 Å². The molecule has 1 N–H and O–H groups in total. The van der Waals surface area contributed by atoms with Crippen molar-refractivity contribution < 1.29 is 4.68 Å². The van der Waals surface area contributed by atoms with E-state index in [0.717, 1.165) is 5.16 Å². The minimum absolute atomic E-state index is 0.855. The van der Waals surface area contributed by atoms with E-state index in [1.807, 2.05) is 7.05 Å². The number of nitrogens with one attached hydrogen (secondary N) is 1. The number of benzene rings is 1. The number of aromatic nitrogens is 4. The minimum atomic E-state index is 0.855. The van der Waals surface area contributed by atoms with Gasteiger partial charge in [-0.1, -0.05) is 22.9 Å². The van der Waals surface area contributed by atoms with Crippen LogP contribution < -0.4 is 4.68 Å². The number of H-pyrrole nitrogens is 1. The zero-order valence-electron chi connectivity index (χ0n) is 8.06. The molecule has 14 heavy (non-hydrogen) atoms. The normalized spacial score (nSPS) is 10.4. The molecule has 2 aromatic rings. The molecular formula is C9H11N4S+. The number of hydrogen-bond acceptors (Lipinski definition) is 3. The fourth-order valence-electron chi connectivity index (χ4n) is 1.04. The third kappa shape index (κ3) is 1.93. The monoisotopic (exact) mass is 207 g/mol. The summed E-state index contributed by atoms with van der Waals surface area (Å²) in [4.78, 5) is 1.17. The second kappa shape index (κ2) is 3.79. The maximum absolute atomic E-state index is 3.95. The van der Waals surface area contributed by atoms with Crippen LogP contribution in [0, 0.1) is 6.92 Å². The summed E-state index contributed by atoms with van der Waals surface area (Å²) in [6.45, 7) is 2.07. The van der Waals surface area contributed by atoms with E-state index in [0.29, 0.717) is 0 Å². The van der Waals surface area contributed by atoms with E-state index in [-0.39, 0.29) is 0 Å². The molecule has 1 heterocycles. The summed E-state index contributed by atoms with van der Waals surface area (Å²) in [6.07, 6.45) is 0. The number of nitrogens with zero attached hydrogens (tertiary/aromatic N) is 3. The molecule has 1 aromatic carbocycles. The van der Waals surface area contributed by atoms with Crippen molar-refractivity contribution in [2.45, 2.75) is 17.0 Å². The van der Waals surface area contributed by atoms with E-state index in [4.69, 9.17) is 0 Å². The lowest BCUT2D eigenvalue weighted by atomic mass is 10.2. The smallest absolute Gasteiger partial charge is 0.156 e. The molecule has 0 aliphatic heterocycles. The summed E-state index contributed by atoms with van der Waals surface area (Å²) in [7, 11) is 1.89. The maximum Gasteiger partial charge on any atom is 0.364 e. The molecule has 2 rings (SSSR count). The van der Waals surface area contributed by atoms with Crippen LogP contribution in [0.25, 0.3) is 0 Å². The van der Waals surface area contributed by atoms with Gasteiger partial charge in [-0.25, -0.2) is 0 Å². The van der Waals surface area contributed by atoms with Crippen molar-refractivity contribution >= 4 is 11.8 Å². The van der Waals surface area contributed by atoms with Gasteiger partial charge in [0.15, 0.2) is 5.21 Å². The number of aromatic amines is 1. The summed E-state index contributed by atoms with van der Waals surface area (Å²) in [5.74, 6) is 0. The SMILES string of the molecule is Cc1ccc(Sc2nn[nH][n+]2C)cc1. The first-order valence-corrected chi connectivity index (χ1v) is 5.09. The van der Waals surface area contributed by atoms with Crippen LogP contribution in [0.4, 0.5) is 0 Å². The van der Waals surface area contributed by atoms with Crippen LogP contribution in [0.2, 0.25) is 0 Å². The van der Waals surface area contributed by atoms with E-state index in [2.05, 4.69) is 46.7 Å². The highest BCUT2D eigenvalue weighted by Crippen LogP contribution is 2.22. The predicted molar refractivity (Wildman–Crippen MR) is 52.9 cm³/mol. The van der Waals surface area contributed by atoms with Crippen molar-refractivity contribution in [1.29, 1.82) is 0 Å². The Bertz CT molecular complexity index is 421. The molecule has 0 atom stereocenters. The molecule has 5 heteroatoms. The van der Waals surface area contributed by atoms with Gasteiger partial charge in [0.25, 0.3) is 0 Å². The van der Waals surface area contributed by atoms with Gasteiger partial charge >= 0.3 is 5.16 Å². The van der Waals surface area contributed by atoms with E-state index in [9.17, 15) is 0 Å². The molecule has 0 saturated carbocycles. The molecule has 72 valence electrons. The predicted octanol–water partition coefficient (Wildman–Crippen LogP) is 1.09. The minimum Gasteiger partial charge on any atom is -0.156 e. The highest BCUT2D eigenvalue weighted by atomic mass is 32.2. The summed E-state index contributed by atoms with van der Waals surface area (Å²) < 4.78 is 1.78. The standard InChI is InChI=1S/C9H10N4S/c1-7-3-5-8(6-4-7)14-9-10-11-12-13(9)2/h3-6H,1-2H3/p+1. The number of hydrogen-bond donors (Lipinski definition) is 1. The van der Waals surface area contributed by atoms with Crippen molar-refractivity contribution in [1.82, 2.24) is 15.5 Å². The molecule has 0 bridgehead atoms. The zero-order valence-corrected chi connectivity index (χ0v) is 8.88. The van der Waals surface area contributed by atoms with Crippen molar-refractivity contribution in [2.24, 2.45) is 7.05 Å². The first-order valence-electron chi connectivity index (χ1n) is 4.27. The van der Waals surface area contributed by atoms with Gasteiger partial charge in [-0.2, -0.15) is 4.68 Å². The van der Waals surface area contributed by atoms with Crippen LogP contribution in [0.3, 0.4) is 0 Å². The molecule has 0 amide bonds. The van der Waals surface area contributed by atoms with Crippen molar-refractivity contribution in [3.8, 4) is 0 Å². The summed E-state index contributed by atoms with van der Waals surface area (Å²) in [6, 6.07) is 8.33. The van der Waals surface area contributed by atoms with E-state index >= 15 is 0 Å². The molecule has 4 nitrogen and oxygen atoms in total. The van der Waals surface area contributed by atoms with Crippen LogP contribution in [-0.2, 0) is 7.05 Å². The van der Waals surface area contributed by atoms with Gasteiger partial charge in [0.2, 0.25) is 0 Å². The van der Waals surface area contributed by atoms with Gasteiger partial charge in [-0.15, -0.1) is 0 Å². The fraction of sp³-hybridized carbons (Fsp3) is 0.222. The van der Waals surface area contributed by atoms with Crippen LogP contribution in [0.1, 0.15) is 5.56 Å². The lowest BCUT2D eigenvalue weighted by Crippen LogP contribution is -2.32. The largest absolute Gasteiger partial charge is 0.364 e. The topological polar surface area (TPSA) is 45.5 Å². The van der Waals surface area contributed by atoms with Gasteiger partial charge in [0.1, 0.15) is 5.10 Å². The third-order valence-corrected chi connectivity index (χ3v) is 2.89. The maximum atomic E-state index is 3.95. The highest BCUT2D eigenvalue weighted by Gasteiger charge is 2.11. The molecular weight excluding hydrogens is 196 g/mol.